The largest absolute Gasteiger partial charge is 0.507 e. The summed E-state index contributed by atoms with van der Waals surface area (Å²) in [5, 5.41) is 13.6. The van der Waals surface area contributed by atoms with Gasteiger partial charge in [-0.3, -0.25) is 0 Å². The van der Waals surface area contributed by atoms with E-state index in [9.17, 15) is 12.8 Å². The Kier molecular flexibility index (Phi) is 2.03. The summed E-state index contributed by atoms with van der Waals surface area (Å²) in [6, 6.07) is 2.52. The number of primary sulfonamides is 1. The summed E-state index contributed by atoms with van der Waals surface area (Å²) in [6.07, 6.45) is 0. The number of rotatable bonds is 1. The normalized spacial score (nSPS) is 11.5. The van der Waals surface area contributed by atoms with Gasteiger partial charge in [-0.25, -0.2) is 17.9 Å². The van der Waals surface area contributed by atoms with E-state index in [4.69, 9.17) is 5.11 Å². The molecular formula is C6H6FNO3S. The van der Waals surface area contributed by atoms with Crippen molar-refractivity contribution in [2.45, 2.75) is 4.90 Å². The lowest BCUT2D eigenvalue weighted by Gasteiger charge is -2.00. The predicted octanol–water partition coefficient (Wildman–Crippen LogP) is 0.179. The van der Waals surface area contributed by atoms with Crippen molar-refractivity contribution in [3.63, 3.8) is 0 Å². The summed E-state index contributed by atoms with van der Waals surface area (Å²) in [5.41, 5.74) is 0. The smallest absolute Gasteiger partial charge is 0.241 e. The average Bonchev–Trinajstić information content (AvgIpc) is 1.92. The van der Waals surface area contributed by atoms with Gasteiger partial charge in [0.2, 0.25) is 10.0 Å². The fourth-order valence-electron chi connectivity index (χ4n) is 0.716. The molecule has 1 aromatic carbocycles. The summed E-state index contributed by atoms with van der Waals surface area (Å²) >= 11 is 0. The third-order valence-electron chi connectivity index (χ3n) is 1.23. The van der Waals surface area contributed by atoms with Crippen LogP contribution in [0.5, 0.6) is 5.75 Å². The van der Waals surface area contributed by atoms with Gasteiger partial charge in [-0.05, 0) is 18.2 Å². The molecule has 66 valence electrons. The highest BCUT2D eigenvalue weighted by Gasteiger charge is 2.13. The second-order valence-corrected chi connectivity index (χ2v) is 3.69. The first-order chi connectivity index (χ1) is 5.41. The molecule has 0 saturated heterocycles. The number of hydrogen-bond donors (Lipinski definition) is 2. The van der Waals surface area contributed by atoms with E-state index >= 15 is 0 Å². The van der Waals surface area contributed by atoms with Crippen LogP contribution in [0.25, 0.3) is 0 Å². The topological polar surface area (TPSA) is 80.4 Å². The van der Waals surface area contributed by atoms with Crippen molar-refractivity contribution in [1.29, 1.82) is 0 Å². The lowest BCUT2D eigenvalue weighted by atomic mass is 10.3. The number of benzene rings is 1. The number of sulfonamides is 1. The average molecular weight is 191 g/mol. The van der Waals surface area contributed by atoms with Crippen molar-refractivity contribution in [2.75, 3.05) is 0 Å². The van der Waals surface area contributed by atoms with E-state index < -0.39 is 26.5 Å². The summed E-state index contributed by atoms with van der Waals surface area (Å²) < 4.78 is 33.8. The van der Waals surface area contributed by atoms with Crippen molar-refractivity contribution in [3.05, 3.63) is 24.0 Å². The number of phenols is 1. The third kappa shape index (κ3) is 1.72. The molecule has 0 saturated carbocycles. The highest BCUT2D eigenvalue weighted by atomic mass is 32.2. The van der Waals surface area contributed by atoms with Gasteiger partial charge in [0.15, 0.2) is 0 Å². The maximum absolute atomic E-state index is 12.4. The quantitative estimate of drug-likeness (QED) is 0.664. The highest BCUT2D eigenvalue weighted by molar-refractivity contribution is 7.89. The lowest BCUT2D eigenvalue weighted by molar-refractivity contribution is 0.455. The predicted molar refractivity (Wildman–Crippen MR) is 39.4 cm³/mol. The van der Waals surface area contributed by atoms with Crippen molar-refractivity contribution < 1.29 is 17.9 Å². The Morgan fingerprint density at radius 2 is 2.00 bits per heavy atom. The van der Waals surface area contributed by atoms with Crippen LogP contribution in [0.4, 0.5) is 4.39 Å². The van der Waals surface area contributed by atoms with Gasteiger partial charge in [0, 0.05) is 0 Å². The summed E-state index contributed by atoms with van der Waals surface area (Å²) in [6.45, 7) is 0. The van der Waals surface area contributed by atoms with Crippen LogP contribution in [0, 0.1) is 5.82 Å². The molecule has 0 aliphatic heterocycles. The molecule has 6 heteroatoms. The number of nitrogens with two attached hydrogens (primary N) is 1. The molecule has 0 aliphatic carbocycles. The van der Waals surface area contributed by atoms with Crippen molar-refractivity contribution >= 4 is 10.0 Å². The molecule has 0 fully saturated rings. The van der Waals surface area contributed by atoms with Crippen LogP contribution in [0.3, 0.4) is 0 Å². The van der Waals surface area contributed by atoms with Gasteiger partial charge in [-0.15, -0.1) is 0 Å². The molecule has 1 aromatic rings. The zero-order valence-corrected chi connectivity index (χ0v) is 6.68. The SMILES string of the molecule is NS(=O)(=O)c1cc(F)ccc1O. The molecule has 4 nitrogen and oxygen atoms in total. The first kappa shape index (κ1) is 8.95. The minimum Gasteiger partial charge on any atom is -0.507 e. The monoisotopic (exact) mass is 191 g/mol. The van der Waals surface area contributed by atoms with Gasteiger partial charge >= 0.3 is 0 Å². The molecule has 0 unspecified atom stereocenters. The minimum absolute atomic E-state index is 0.557. The second kappa shape index (κ2) is 2.72. The van der Waals surface area contributed by atoms with Crippen LogP contribution in [0.15, 0.2) is 23.1 Å². The van der Waals surface area contributed by atoms with Gasteiger partial charge in [-0.2, -0.15) is 0 Å². The van der Waals surface area contributed by atoms with Gasteiger partial charge < -0.3 is 5.11 Å². The molecule has 3 N–H and O–H groups in total. The van der Waals surface area contributed by atoms with E-state index in [1.807, 2.05) is 0 Å². The molecule has 0 aliphatic rings. The van der Waals surface area contributed by atoms with Crippen molar-refractivity contribution in [1.82, 2.24) is 0 Å². The molecule has 12 heavy (non-hydrogen) atoms. The molecule has 1 rings (SSSR count). The van der Waals surface area contributed by atoms with Crippen molar-refractivity contribution in [3.8, 4) is 5.75 Å². The van der Waals surface area contributed by atoms with Gasteiger partial charge in [0.05, 0.1) is 0 Å². The minimum atomic E-state index is -4.05. The molecular weight excluding hydrogens is 185 g/mol. The standard InChI is InChI=1S/C6H6FNO3S/c7-4-1-2-5(9)6(3-4)12(8,10)11/h1-3,9H,(H2,8,10,11). The Bertz CT molecular complexity index is 401. The Morgan fingerprint density at radius 1 is 1.42 bits per heavy atom. The Morgan fingerprint density at radius 3 is 2.42 bits per heavy atom. The number of aromatic hydroxyl groups is 1. The molecule has 0 spiro atoms. The maximum atomic E-state index is 12.4. The lowest BCUT2D eigenvalue weighted by Crippen LogP contribution is -2.12. The first-order valence-corrected chi connectivity index (χ1v) is 4.47. The molecule has 0 atom stereocenters. The van der Waals surface area contributed by atoms with E-state index in [1.165, 1.54) is 0 Å². The van der Waals surface area contributed by atoms with Crippen LogP contribution < -0.4 is 5.14 Å². The zero-order chi connectivity index (χ0) is 9.35. The Labute approximate surface area is 68.5 Å². The van der Waals surface area contributed by atoms with Crippen LogP contribution in [0.2, 0.25) is 0 Å². The zero-order valence-electron chi connectivity index (χ0n) is 5.86. The molecule has 0 heterocycles. The number of phenolic OH excluding ortho intramolecular Hbond substituents is 1. The second-order valence-electron chi connectivity index (χ2n) is 2.16. The maximum Gasteiger partial charge on any atom is 0.241 e. The van der Waals surface area contributed by atoms with Gasteiger partial charge in [0.25, 0.3) is 0 Å². The third-order valence-corrected chi connectivity index (χ3v) is 2.17. The van der Waals surface area contributed by atoms with Gasteiger partial charge in [0.1, 0.15) is 16.5 Å². The van der Waals surface area contributed by atoms with Crippen LogP contribution in [-0.2, 0) is 10.0 Å². The van der Waals surface area contributed by atoms with E-state index in [0.717, 1.165) is 12.1 Å². The van der Waals surface area contributed by atoms with Crippen LogP contribution >= 0.6 is 0 Å². The van der Waals surface area contributed by atoms with E-state index in [0.29, 0.717) is 6.07 Å². The van der Waals surface area contributed by atoms with Crippen LogP contribution in [-0.4, -0.2) is 13.5 Å². The number of halogens is 1. The molecule has 0 amide bonds. The van der Waals surface area contributed by atoms with E-state index in [2.05, 4.69) is 5.14 Å². The fourth-order valence-corrected chi connectivity index (χ4v) is 1.35. The summed E-state index contributed by atoms with van der Waals surface area (Å²) in [7, 11) is -4.05. The molecule has 0 radical (unpaired) electrons. The fraction of sp³-hybridized carbons (Fsp3) is 0. The molecule has 0 aromatic heterocycles. The van der Waals surface area contributed by atoms with E-state index in [-0.39, 0.29) is 0 Å². The molecule has 0 bridgehead atoms. The van der Waals surface area contributed by atoms with E-state index in [1.54, 1.807) is 0 Å². The summed E-state index contributed by atoms with van der Waals surface area (Å²) in [5.74, 6) is -1.32. The first-order valence-electron chi connectivity index (χ1n) is 2.92. The van der Waals surface area contributed by atoms with Gasteiger partial charge in [-0.1, -0.05) is 0 Å². The van der Waals surface area contributed by atoms with Crippen LogP contribution in [0.1, 0.15) is 0 Å². The Balaban J connectivity index is 3.43. The Hall–Kier alpha value is -1.14. The summed E-state index contributed by atoms with van der Waals surface area (Å²) in [4.78, 5) is -0.609. The number of hydrogen-bond acceptors (Lipinski definition) is 3. The highest BCUT2D eigenvalue weighted by Crippen LogP contribution is 2.21. The van der Waals surface area contributed by atoms with Crippen molar-refractivity contribution in [2.24, 2.45) is 5.14 Å².